The number of hydrogen-bond donors (Lipinski definition) is 1. The Morgan fingerprint density at radius 1 is 1.44 bits per heavy atom. The van der Waals surface area contributed by atoms with Gasteiger partial charge in [0.2, 0.25) is 0 Å². The first-order chi connectivity index (χ1) is 7.75. The Morgan fingerprint density at radius 3 is 3.00 bits per heavy atom. The van der Waals surface area contributed by atoms with E-state index in [1.807, 2.05) is 30.3 Å². The van der Waals surface area contributed by atoms with E-state index < -0.39 is 0 Å². The number of halogens is 1. The van der Waals surface area contributed by atoms with Crippen molar-refractivity contribution in [3.05, 3.63) is 52.9 Å². The highest BCUT2D eigenvalue weighted by atomic mass is 35.5. The van der Waals surface area contributed by atoms with Crippen LogP contribution in [0.5, 0.6) is 0 Å². The molecular formula is C12H13ClN2O. The molecule has 1 aromatic heterocycles. The molecule has 2 rings (SSSR count). The molecule has 16 heavy (non-hydrogen) atoms. The Kier molecular flexibility index (Phi) is 3.59. The second kappa shape index (κ2) is 5.14. The molecule has 1 heterocycles. The van der Waals surface area contributed by atoms with Gasteiger partial charge in [0.15, 0.2) is 0 Å². The lowest BCUT2D eigenvalue weighted by atomic mass is 10.1. The molecule has 0 aliphatic rings. The molecule has 0 fully saturated rings. The molecule has 2 aromatic rings. The van der Waals surface area contributed by atoms with Gasteiger partial charge in [-0.25, -0.2) is 0 Å². The molecule has 0 bridgehead atoms. The Labute approximate surface area is 99.4 Å². The maximum Gasteiger partial charge on any atom is 0.124 e. The highest BCUT2D eigenvalue weighted by Gasteiger charge is 2.05. The van der Waals surface area contributed by atoms with Gasteiger partial charge in [-0.1, -0.05) is 28.9 Å². The Balaban J connectivity index is 1.95. The van der Waals surface area contributed by atoms with Crippen molar-refractivity contribution in [3.63, 3.8) is 0 Å². The number of rotatable bonds is 4. The van der Waals surface area contributed by atoms with Crippen LogP contribution in [0.1, 0.15) is 24.2 Å². The van der Waals surface area contributed by atoms with E-state index in [2.05, 4.69) is 17.4 Å². The molecule has 0 spiro atoms. The largest absolute Gasteiger partial charge is 0.364 e. The van der Waals surface area contributed by atoms with Gasteiger partial charge in [0.25, 0.3) is 0 Å². The fourth-order valence-electron chi connectivity index (χ4n) is 1.48. The maximum atomic E-state index is 5.93. The Morgan fingerprint density at radius 2 is 2.31 bits per heavy atom. The van der Waals surface area contributed by atoms with Gasteiger partial charge in [0.05, 0.1) is 5.69 Å². The van der Waals surface area contributed by atoms with Crippen LogP contribution in [0, 0.1) is 0 Å². The van der Waals surface area contributed by atoms with Crippen LogP contribution in [0.4, 0.5) is 0 Å². The fourth-order valence-corrected chi connectivity index (χ4v) is 1.68. The van der Waals surface area contributed by atoms with Crippen molar-refractivity contribution in [2.75, 3.05) is 0 Å². The second-order valence-electron chi connectivity index (χ2n) is 3.65. The number of hydrogen-bond acceptors (Lipinski definition) is 3. The summed E-state index contributed by atoms with van der Waals surface area (Å²) in [6.07, 6.45) is 1.57. The average Bonchev–Trinajstić information content (AvgIpc) is 2.78. The first-order valence-electron chi connectivity index (χ1n) is 5.14. The van der Waals surface area contributed by atoms with E-state index in [-0.39, 0.29) is 6.04 Å². The third-order valence-corrected chi connectivity index (χ3v) is 2.66. The van der Waals surface area contributed by atoms with E-state index in [0.717, 1.165) is 16.3 Å². The van der Waals surface area contributed by atoms with E-state index in [1.165, 1.54) is 0 Å². The summed E-state index contributed by atoms with van der Waals surface area (Å²) in [5.41, 5.74) is 2.06. The highest BCUT2D eigenvalue weighted by molar-refractivity contribution is 6.30. The third kappa shape index (κ3) is 2.84. The quantitative estimate of drug-likeness (QED) is 0.886. The summed E-state index contributed by atoms with van der Waals surface area (Å²) in [6.45, 7) is 2.77. The summed E-state index contributed by atoms with van der Waals surface area (Å²) >= 11 is 5.93. The third-order valence-electron chi connectivity index (χ3n) is 2.43. The molecule has 0 amide bonds. The van der Waals surface area contributed by atoms with Crippen LogP contribution in [0.3, 0.4) is 0 Å². The van der Waals surface area contributed by atoms with Crippen molar-refractivity contribution in [3.8, 4) is 0 Å². The standard InChI is InChI=1S/C12H13ClN2O/c1-9(10-3-2-4-11(13)7-10)14-8-12-5-6-16-15-12/h2-7,9,14H,8H2,1H3. The number of benzene rings is 1. The van der Waals surface area contributed by atoms with E-state index in [1.54, 1.807) is 6.26 Å². The number of nitrogens with zero attached hydrogens (tertiary/aromatic N) is 1. The minimum Gasteiger partial charge on any atom is -0.364 e. The summed E-state index contributed by atoms with van der Waals surface area (Å²) in [5, 5.41) is 7.94. The first kappa shape index (κ1) is 11.2. The average molecular weight is 237 g/mol. The lowest BCUT2D eigenvalue weighted by molar-refractivity contribution is 0.406. The van der Waals surface area contributed by atoms with E-state index in [0.29, 0.717) is 6.54 Å². The maximum absolute atomic E-state index is 5.93. The molecule has 3 nitrogen and oxygen atoms in total. The molecule has 1 atom stereocenters. The Bertz CT molecular complexity index is 442. The lowest BCUT2D eigenvalue weighted by Gasteiger charge is -2.13. The van der Waals surface area contributed by atoms with Gasteiger partial charge in [0.1, 0.15) is 6.26 Å². The van der Waals surface area contributed by atoms with Gasteiger partial charge in [-0.15, -0.1) is 0 Å². The van der Waals surface area contributed by atoms with Crippen molar-refractivity contribution < 1.29 is 4.52 Å². The normalized spacial score (nSPS) is 12.6. The van der Waals surface area contributed by atoms with Crippen LogP contribution >= 0.6 is 11.6 Å². The van der Waals surface area contributed by atoms with Gasteiger partial charge in [-0.05, 0) is 24.6 Å². The summed E-state index contributed by atoms with van der Waals surface area (Å²) in [6, 6.07) is 9.91. The fraction of sp³-hybridized carbons (Fsp3) is 0.250. The zero-order valence-corrected chi connectivity index (χ0v) is 9.74. The van der Waals surface area contributed by atoms with Crippen molar-refractivity contribution in [1.29, 1.82) is 0 Å². The summed E-state index contributed by atoms with van der Waals surface area (Å²) in [7, 11) is 0. The van der Waals surface area contributed by atoms with E-state index in [9.17, 15) is 0 Å². The molecule has 1 N–H and O–H groups in total. The van der Waals surface area contributed by atoms with Crippen LogP contribution in [0.25, 0.3) is 0 Å². The molecule has 84 valence electrons. The van der Waals surface area contributed by atoms with Crippen LogP contribution in [-0.2, 0) is 6.54 Å². The summed E-state index contributed by atoms with van der Waals surface area (Å²) in [5.74, 6) is 0. The molecule has 1 aromatic carbocycles. The Hall–Kier alpha value is -1.32. The number of aromatic nitrogens is 1. The number of nitrogens with one attached hydrogen (secondary N) is 1. The molecule has 0 saturated carbocycles. The topological polar surface area (TPSA) is 38.1 Å². The van der Waals surface area contributed by atoms with Gasteiger partial charge in [0, 0.05) is 23.7 Å². The molecule has 0 aliphatic heterocycles. The van der Waals surface area contributed by atoms with Crippen molar-refractivity contribution in [2.24, 2.45) is 0 Å². The first-order valence-corrected chi connectivity index (χ1v) is 5.51. The SMILES string of the molecule is CC(NCc1ccon1)c1cccc(Cl)c1. The zero-order valence-electron chi connectivity index (χ0n) is 8.98. The predicted molar refractivity (Wildman–Crippen MR) is 63.2 cm³/mol. The van der Waals surface area contributed by atoms with Gasteiger partial charge < -0.3 is 9.84 Å². The molecule has 1 unspecified atom stereocenters. The van der Waals surface area contributed by atoms with Crippen LogP contribution < -0.4 is 5.32 Å². The van der Waals surface area contributed by atoms with Gasteiger partial charge in [-0.3, -0.25) is 0 Å². The lowest BCUT2D eigenvalue weighted by Crippen LogP contribution is -2.18. The minimum atomic E-state index is 0.232. The predicted octanol–water partition coefficient (Wildman–Crippen LogP) is 3.18. The molecule has 0 radical (unpaired) electrons. The molecular weight excluding hydrogens is 224 g/mol. The second-order valence-corrected chi connectivity index (χ2v) is 4.08. The van der Waals surface area contributed by atoms with Crippen molar-refractivity contribution in [2.45, 2.75) is 19.5 Å². The monoisotopic (exact) mass is 236 g/mol. The minimum absolute atomic E-state index is 0.232. The van der Waals surface area contributed by atoms with Gasteiger partial charge >= 0.3 is 0 Å². The van der Waals surface area contributed by atoms with E-state index in [4.69, 9.17) is 16.1 Å². The van der Waals surface area contributed by atoms with Crippen molar-refractivity contribution in [1.82, 2.24) is 10.5 Å². The van der Waals surface area contributed by atoms with E-state index >= 15 is 0 Å². The van der Waals surface area contributed by atoms with Crippen molar-refractivity contribution >= 4 is 11.6 Å². The molecule has 4 heteroatoms. The summed E-state index contributed by atoms with van der Waals surface area (Å²) < 4.78 is 4.76. The van der Waals surface area contributed by atoms with Crippen LogP contribution in [0.15, 0.2) is 41.1 Å². The molecule has 0 aliphatic carbocycles. The van der Waals surface area contributed by atoms with Crippen LogP contribution in [0.2, 0.25) is 5.02 Å². The van der Waals surface area contributed by atoms with Crippen LogP contribution in [-0.4, -0.2) is 5.16 Å². The molecule has 0 saturated heterocycles. The zero-order chi connectivity index (χ0) is 11.4. The smallest absolute Gasteiger partial charge is 0.124 e. The van der Waals surface area contributed by atoms with Gasteiger partial charge in [-0.2, -0.15) is 0 Å². The summed E-state index contributed by atoms with van der Waals surface area (Å²) in [4.78, 5) is 0. The highest BCUT2D eigenvalue weighted by Crippen LogP contribution is 2.17.